The Morgan fingerprint density at radius 2 is 1.68 bits per heavy atom. The molecular formula is C18H35N. The molecule has 0 N–H and O–H groups in total. The first-order chi connectivity index (χ1) is 8.93. The molecule has 3 atom stereocenters. The van der Waals surface area contributed by atoms with Crippen molar-refractivity contribution < 1.29 is 0 Å². The SMILES string of the molecule is CCCCN=C/C(=C\C(C)C(C)C(C)CC)C(C)C. The Morgan fingerprint density at radius 1 is 1.05 bits per heavy atom. The third kappa shape index (κ3) is 7.54. The Balaban J connectivity index is 4.68. The number of hydrogen-bond acceptors (Lipinski definition) is 1. The summed E-state index contributed by atoms with van der Waals surface area (Å²) in [5.74, 6) is 2.72. The highest BCUT2D eigenvalue weighted by Gasteiger charge is 2.16. The third-order valence-corrected chi connectivity index (χ3v) is 4.37. The molecule has 0 aliphatic carbocycles. The minimum absolute atomic E-state index is 0.567. The predicted octanol–water partition coefficient (Wildman–Crippen LogP) is 5.76. The topological polar surface area (TPSA) is 12.4 Å². The van der Waals surface area contributed by atoms with E-state index in [4.69, 9.17) is 0 Å². The van der Waals surface area contributed by atoms with Gasteiger partial charge in [0.05, 0.1) is 0 Å². The van der Waals surface area contributed by atoms with Crippen LogP contribution in [0.4, 0.5) is 0 Å². The molecule has 0 heterocycles. The highest BCUT2D eigenvalue weighted by Crippen LogP contribution is 2.25. The summed E-state index contributed by atoms with van der Waals surface area (Å²) < 4.78 is 0. The second-order valence-corrected chi connectivity index (χ2v) is 6.31. The molecule has 0 aromatic rings. The van der Waals surface area contributed by atoms with Crippen LogP contribution in [0, 0.1) is 23.7 Å². The lowest BCUT2D eigenvalue weighted by molar-refractivity contribution is 0.311. The average Bonchev–Trinajstić information content (AvgIpc) is 2.39. The van der Waals surface area contributed by atoms with Crippen LogP contribution in [0.3, 0.4) is 0 Å². The molecule has 0 radical (unpaired) electrons. The van der Waals surface area contributed by atoms with Crippen LogP contribution in [0.5, 0.6) is 0 Å². The molecule has 0 aromatic heterocycles. The van der Waals surface area contributed by atoms with Crippen molar-refractivity contribution in [2.75, 3.05) is 6.54 Å². The zero-order chi connectivity index (χ0) is 14.8. The van der Waals surface area contributed by atoms with E-state index in [1.807, 2.05) is 0 Å². The molecule has 0 saturated carbocycles. The maximum atomic E-state index is 4.57. The molecule has 3 unspecified atom stereocenters. The van der Waals surface area contributed by atoms with Crippen molar-refractivity contribution in [2.24, 2.45) is 28.7 Å². The Labute approximate surface area is 121 Å². The van der Waals surface area contributed by atoms with Crippen molar-refractivity contribution in [3.8, 4) is 0 Å². The van der Waals surface area contributed by atoms with Crippen molar-refractivity contribution in [1.82, 2.24) is 0 Å². The van der Waals surface area contributed by atoms with Gasteiger partial charge in [-0.05, 0) is 35.7 Å². The third-order valence-electron chi connectivity index (χ3n) is 4.37. The van der Waals surface area contributed by atoms with Crippen LogP contribution in [0.2, 0.25) is 0 Å². The van der Waals surface area contributed by atoms with Gasteiger partial charge in [0.1, 0.15) is 0 Å². The Hall–Kier alpha value is -0.590. The monoisotopic (exact) mass is 265 g/mol. The van der Waals surface area contributed by atoms with Crippen molar-refractivity contribution in [3.63, 3.8) is 0 Å². The summed E-state index contributed by atoms with van der Waals surface area (Å²) in [6.07, 6.45) is 8.23. The lowest BCUT2D eigenvalue weighted by Gasteiger charge is -2.24. The fourth-order valence-corrected chi connectivity index (χ4v) is 2.15. The molecule has 0 aliphatic rings. The number of unbranched alkanes of at least 4 members (excludes halogenated alkanes) is 1. The van der Waals surface area contributed by atoms with Gasteiger partial charge >= 0.3 is 0 Å². The van der Waals surface area contributed by atoms with Gasteiger partial charge in [-0.2, -0.15) is 0 Å². The van der Waals surface area contributed by atoms with Crippen molar-refractivity contribution >= 4 is 6.21 Å². The number of rotatable bonds is 9. The van der Waals surface area contributed by atoms with Crippen LogP contribution < -0.4 is 0 Å². The minimum atomic E-state index is 0.567. The Kier molecular flexibility index (Phi) is 9.91. The fraction of sp³-hybridized carbons (Fsp3) is 0.833. The number of allylic oxidation sites excluding steroid dienone is 2. The van der Waals surface area contributed by atoms with Gasteiger partial charge in [-0.15, -0.1) is 0 Å². The fourth-order valence-electron chi connectivity index (χ4n) is 2.15. The van der Waals surface area contributed by atoms with E-state index in [1.54, 1.807) is 0 Å². The predicted molar refractivity (Wildman–Crippen MR) is 89.0 cm³/mol. The molecule has 1 heteroatoms. The second-order valence-electron chi connectivity index (χ2n) is 6.31. The molecule has 0 aliphatic heterocycles. The molecule has 1 nitrogen and oxygen atoms in total. The Morgan fingerprint density at radius 3 is 2.16 bits per heavy atom. The average molecular weight is 265 g/mol. The molecule has 0 aromatic carbocycles. The van der Waals surface area contributed by atoms with Gasteiger partial charge in [0.15, 0.2) is 0 Å². The Bertz CT molecular complexity index is 275. The molecule has 0 bridgehead atoms. The van der Waals surface area contributed by atoms with Crippen LogP contribution in [0.25, 0.3) is 0 Å². The zero-order valence-corrected chi connectivity index (χ0v) is 14.2. The van der Waals surface area contributed by atoms with E-state index < -0.39 is 0 Å². The van der Waals surface area contributed by atoms with E-state index in [0.717, 1.165) is 18.4 Å². The van der Waals surface area contributed by atoms with E-state index in [1.165, 1.54) is 24.8 Å². The molecule has 0 rings (SSSR count). The van der Waals surface area contributed by atoms with E-state index in [9.17, 15) is 0 Å². The maximum absolute atomic E-state index is 4.57. The summed E-state index contributed by atoms with van der Waals surface area (Å²) in [5.41, 5.74) is 1.40. The van der Waals surface area contributed by atoms with Crippen LogP contribution in [-0.4, -0.2) is 12.8 Å². The summed E-state index contributed by atoms with van der Waals surface area (Å²) in [6.45, 7) is 17.1. The lowest BCUT2D eigenvalue weighted by atomic mass is 9.82. The van der Waals surface area contributed by atoms with Gasteiger partial charge < -0.3 is 0 Å². The van der Waals surface area contributed by atoms with Crippen LogP contribution >= 0.6 is 0 Å². The van der Waals surface area contributed by atoms with Crippen LogP contribution in [0.15, 0.2) is 16.6 Å². The first kappa shape index (κ1) is 18.4. The molecule has 0 amide bonds. The number of nitrogens with zero attached hydrogens (tertiary/aromatic N) is 1. The zero-order valence-electron chi connectivity index (χ0n) is 14.2. The van der Waals surface area contributed by atoms with Crippen molar-refractivity contribution in [3.05, 3.63) is 11.6 Å². The van der Waals surface area contributed by atoms with E-state index in [0.29, 0.717) is 11.8 Å². The van der Waals surface area contributed by atoms with Crippen molar-refractivity contribution in [1.29, 1.82) is 0 Å². The van der Waals surface area contributed by atoms with Gasteiger partial charge in [-0.1, -0.05) is 67.4 Å². The summed E-state index contributed by atoms with van der Waals surface area (Å²) in [7, 11) is 0. The van der Waals surface area contributed by atoms with Crippen LogP contribution in [-0.2, 0) is 0 Å². The van der Waals surface area contributed by atoms with E-state index >= 15 is 0 Å². The van der Waals surface area contributed by atoms with Gasteiger partial charge in [0.25, 0.3) is 0 Å². The normalized spacial score (nSPS) is 18.0. The minimum Gasteiger partial charge on any atom is -0.293 e. The molecule has 112 valence electrons. The second kappa shape index (κ2) is 10.2. The summed E-state index contributed by atoms with van der Waals surface area (Å²) in [6, 6.07) is 0. The standard InChI is InChI=1S/C18H35N/c1-8-10-11-19-13-18(14(3)4)12-16(6)17(7)15(5)9-2/h12-17H,8-11H2,1-7H3/b18-12+,19-13?. The highest BCUT2D eigenvalue weighted by molar-refractivity contribution is 5.79. The van der Waals surface area contributed by atoms with Gasteiger partial charge in [0, 0.05) is 12.8 Å². The van der Waals surface area contributed by atoms with E-state index in [-0.39, 0.29) is 0 Å². The highest BCUT2D eigenvalue weighted by atomic mass is 14.7. The number of hydrogen-bond donors (Lipinski definition) is 0. The van der Waals surface area contributed by atoms with E-state index in [2.05, 4.69) is 65.7 Å². The smallest absolute Gasteiger partial charge is 0.0389 e. The molecule has 0 saturated heterocycles. The summed E-state index contributed by atoms with van der Waals surface area (Å²) in [5, 5.41) is 0. The van der Waals surface area contributed by atoms with Crippen LogP contribution in [0.1, 0.15) is 67.7 Å². The molecule has 0 spiro atoms. The van der Waals surface area contributed by atoms with Gasteiger partial charge in [-0.3, -0.25) is 4.99 Å². The largest absolute Gasteiger partial charge is 0.293 e. The number of aliphatic imine (C=N–C) groups is 1. The molecule has 19 heavy (non-hydrogen) atoms. The first-order valence-electron chi connectivity index (χ1n) is 8.15. The molecule has 0 fully saturated rings. The quantitative estimate of drug-likeness (QED) is 0.371. The van der Waals surface area contributed by atoms with Gasteiger partial charge in [-0.25, -0.2) is 0 Å². The summed E-state index contributed by atoms with van der Waals surface area (Å²) in [4.78, 5) is 4.57. The maximum Gasteiger partial charge on any atom is 0.0389 e. The van der Waals surface area contributed by atoms with Crippen molar-refractivity contribution in [2.45, 2.75) is 67.7 Å². The summed E-state index contributed by atoms with van der Waals surface area (Å²) >= 11 is 0. The molecular weight excluding hydrogens is 230 g/mol. The first-order valence-corrected chi connectivity index (χ1v) is 8.15. The van der Waals surface area contributed by atoms with Gasteiger partial charge in [0.2, 0.25) is 0 Å². The lowest BCUT2D eigenvalue weighted by Crippen LogP contribution is -2.15.